The molecule has 0 radical (unpaired) electrons. The standard InChI is InChI=1S/C18H28N2O/c1-13(2)17(19)11-12-20(3)18(21)16-10-6-8-14-7-4-5-9-15(14)16/h4-5,7,9,13,16-17H,6,8,10-12,19H2,1-3H3. The van der Waals surface area contributed by atoms with Crippen LogP contribution in [0, 0.1) is 5.92 Å². The molecule has 21 heavy (non-hydrogen) atoms. The molecule has 0 aromatic heterocycles. The molecule has 116 valence electrons. The lowest BCUT2D eigenvalue weighted by Gasteiger charge is -2.29. The summed E-state index contributed by atoms with van der Waals surface area (Å²) in [6, 6.07) is 8.54. The number of rotatable bonds is 5. The first-order valence-corrected chi connectivity index (χ1v) is 8.09. The Morgan fingerprint density at radius 1 is 1.38 bits per heavy atom. The molecule has 0 saturated carbocycles. The zero-order valence-electron chi connectivity index (χ0n) is 13.5. The lowest BCUT2D eigenvalue weighted by Crippen LogP contribution is -2.37. The molecular weight excluding hydrogens is 260 g/mol. The molecule has 0 fully saturated rings. The van der Waals surface area contributed by atoms with Crippen molar-refractivity contribution in [2.45, 2.75) is 51.5 Å². The van der Waals surface area contributed by atoms with Crippen LogP contribution in [-0.4, -0.2) is 30.4 Å². The van der Waals surface area contributed by atoms with Crippen molar-refractivity contribution in [1.29, 1.82) is 0 Å². The van der Waals surface area contributed by atoms with Crippen LogP contribution in [0.5, 0.6) is 0 Å². The summed E-state index contributed by atoms with van der Waals surface area (Å²) in [5.74, 6) is 0.747. The number of hydrogen-bond donors (Lipinski definition) is 1. The SMILES string of the molecule is CC(C)C(N)CCN(C)C(=O)C1CCCc2ccccc21. The Morgan fingerprint density at radius 2 is 2.10 bits per heavy atom. The Kier molecular flexibility index (Phi) is 5.40. The highest BCUT2D eigenvalue weighted by Crippen LogP contribution is 2.32. The fourth-order valence-electron chi connectivity index (χ4n) is 3.06. The minimum absolute atomic E-state index is 0.0372. The minimum atomic E-state index is 0.0372. The molecule has 2 rings (SSSR count). The summed E-state index contributed by atoms with van der Waals surface area (Å²) < 4.78 is 0. The Bertz CT molecular complexity index is 484. The summed E-state index contributed by atoms with van der Waals surface area (Å²) in [5, 5.41) is 0. The smallest absolute Gasteiger partial charge is 0.229 e. The van der Waals surface area contributed by atoms with Crippen LogP contribution in [0.2, 0.25) is 0 Å². The number of hydrogen-bond acceptors (Lipinski definition) is 2. The summed E-state index contributed by atoms with van der Waals surface area (Å²) in [7, 11) is 1.91. The summed E-state index contributed by atoms with van der Waals surface area (Å²) in [6.45, 7) is 5.00. The van der Waals surface area contributed by atoms with Gasteiger partial charge in [0.05, 0.1) is 5.92 Å². The van der Waals surface area contributed by atoms with Crippen LogP contribution in [0.25, 0.3) is 0 Å². The van der Waals surface area contributed by atoms with Gasteiger partial charge >= 0.3 is 0 Å². The van der Waals surface area contributed by atoms with Gasteiger partial charge in [-0.2, -0.15) is 0 Å². The van der Waals surface area contributed by atoms with Crippen LogP contribution in [0.4, 0.5) is 0 Å². The number of carbonyl (C=O) groups excluding carboxylic acids is 1. The molecule has 2 atom stereocenters. The Morgan fingerprint density at radius 3 is 2.81 bits per heavy atom. The number of likely N-dealkylation sites (N-methyl/N-ethyl adjacent to an activating group) is 1. The van der Waals surface area contributed by atoms with Gasteiger partial charge < -0.3 is 10.6 Å². The molecule has 0 bridgehead atoms. The summed E-state index contributed by atoms with van der Waals surface area (Å²) in [4.78, 5) is 14.6. The highest BCUT2D eigenvalue weighted by Gasteiger charge is 2.28. The zero-order chi connectivity index (χ0) is 15.4. The summed E-state index contributed by atoms with van der Waals surface area (Å²) >= 11 is 0. The monoisotopic (exact) mass is 288 g/mol. The molecule has 0 heterocycles. The lowest BCUT2D eigenvalue weighted by molar-refractivity contribution is -0.132. The molecule has 1 aliphatic carbocycles. The topological polar surface area (TPSA) is 46.3 Å². The number of aryl methyl sites for hydroxylation is 1. The van der Waals surface area contributed by atoms with Crippen molar-refractivity contribution in [3.05, 3.63) is 35.4 Å². The number of nitrogens with two attached hydrogens (primary N) is 1. The van der Waals surface area contributed by atoms with E-state index in [0.717, 1.165) is 32.2 Å². The van der Waals surface area contributed by atoms with E-state index in [1.807, 2.05) is 18.0 Å². The van der Waals surface area contributed by atoms with E-state index in [0.29, 0.717) is 5.92 Å². The van der Waals surface area contributed by atoms with E-state index >= 15 is 0 Å². The number of benzene rings is 1. The number of fused-ring (bicyclic) bond motifs is 1. The molecular formula is C18H28N2O. The van der Waals surface area contributed by atoms with Gasteiger partial charge in [0.2, 0.25) is 5.91 Å². The van der Waals surface area contributed by atoms with Gasteiger partial charge in [0.25, 0.3) is 0 Å². The number of nitrogens with zero attached hydrogens (tertiary/aromatic N) is 1. The van der Waals surface area contributed by atoms with Crippen LogP contribution < -0.4 is 5.73 Å². The average Bonchev–Trinajstić information content (AvgIpc) is 2.50. The van der Waals surface area contributed by atoms with Gasteiger partial charge in [-0.05, 0) is 42.7 Å². The van der Waals surface area contributed by atoms with Gasteiger partial charge in [-0.25, -0.2) is 0 Å². The lowest BCUT2D eigenvalue weighted by atomic mass is 9.82. The molecule has 3 nitrogen and oxygen atoms in total. The highest BCUT2D eigenvalue weighted by atomic mass is 16.2. The van der Waals surface area contributed by atoms with Gasteiger partial charge in [-0.3, -0.25) is 4.79 Å². The summed E-state index contributed by atoms with van der Waals surface area (Å²) in [5.41, 5.74) is 8.65. The number of amides is 1. The second kappa shape index (κ2) is 7.08. The largest absolute Gasteiger partial charge is 0.345 e. The van der Waals surface area contributed by atoms with Crippen LogP contribution >= 0.6 is 0 Å². The van der Waals surface area contributed by atoms with Crippen molar-refractivity contribution in [3.63, 3.8) is 0 Å². The van der Waals surface area contributed by atoms with E-state index in [1.54, 1.807) is 0 Å². The summed E-state index contributed by atoms with van der Waals surface area (Å²) in [6.07, 6.45) is 4.04. The molecule has 3 heteroatoms. The molecule has 0 spiro atoms. The second-order valence-electron chi connectivity index (χ2n) is 6.60. The van der Waals surface area contributed by atoms with Crippen LogP contribution in [0.3, 0.4) is 0 Å². The Hall–Kier alpha value is -1.35. The minimum Gasteiger partial charge on any atom is -0.345 e. The van der Waals surface area contributed by atoms with Gasteiger partial charge in [-0.15, -0.1) is 0 Å². The predicted octanol–water partition coefficient (Wildman–Crippen LogP) is 2.94. The third-order valence-electron chi connectivity index (χ3n) is 4.70. The van der Waals surface area contributed by atoms with Crippen molar-refractivity contribution >= 4 is 5.91 Å². The van der Waals surface area contributed by atoms with E-state index in [9.17, 15) is 4.79 Å². The highest BCUT2D eigenvalue weighted by molar-refractivity contribution is 5.84. The zero-order valence-corrected chi connectivity index (χ0v) is 13.5. The van der Waals surface area contributed by atoms with Crippen LogP contribution in [0.1, 0.15) is 50.2 Å². The third-order valence-corrected chi connectivity index (χ3v) is 4.70. The van der Waals surface area contributed by atoms with Crippen LogP contribution in [0.15, 0.2) is 24.3 Å². The van der Waals surface area contributed by atoms with Crippen LogP contribution in [-0.2, 0) is 11.2 Å². The van der Waals surface area contributed by atoms with E-state index < -0.39 is 0 Å². The van der Waals surface area contributed by atoms with Gasteiger partial charge in [0, 0.05) is 19.6 Å². The molecule has 0 aliphatic heterocycles. The van der Waals surface area contributed by atoms with Crippen molar-refractivity contribution < 1.29 is 4.79 Å². The Labute approximate surface area is 128 Å². The Balaban J connectivity index is 2.00. The molecule has 2 unspecified atom stereocenters. The molecule has 2 N–H and O–H groups in total. The maximum Gasteiger partial charge on any atom is 0.229 e. The van der Waals surface area contributed by atoms with Gasteiger partial charge in [0.1, 0.15) is 0 Å². The average molecular weight is 288 g/mol. The molecule has 0 saturated heterocycles. The molecule has 1 aliphatic rings. The van der Waals surface area contributed by atoms with Crippen molar-refractivity contribution in [3.8, 4) is 0 Å². The molecule has 1 aromatic rings. The fourth-order valence-corrected chi connectivity index (χ4v) is 3.06. The number of carbonyl (C=O) groups is 1. The normalized spacial score (nSPS) is 19.2. The van der Waals surface area contributed by atoms with Crippen molar-refractivity contribution in [2.24, 2.45) is 11.7 Å². The second-order valence-corrected chi connectivity index (χ2v) is 6.60. The first-order chi connectivity index (χ1) is 10.0. The first-order valence-electron chi connectivity index (χ1n) is 8.09. The van der Waals surface area contributed by atoms with E-state index in [-0.39, 0.29) is 17.9 Å². The predicted molar refractivity (Wildman–Crippen MR) is 87.2 cm³/mol. The third kappa shape index (κ3) is 3.85. The molecule has 1 amide bonds. The first kappa shape index (κ1) is 16.0. The molecule has 1 aromatic carbocycles. The fraction of sp³-hybridized carbons (Fsp3) is 0.611. The van der Waals surface area contributed by atoms with E-state index in [4.69, 9.17) is 5.73 Å². The van der Waals surface area contributed by atoms with E-state index in [1.165, 1.54) is 11.1 Å². The van der Waals surface area contributed by atoms with Gasteiger partial charge in [0.15, 0.2) is 0 Å². The van der Waals surface area contributed by atoms with Gasteiger partial charge in [-0.1, -0.05) is 38.1 Å². The maximum absolute atomic E-state index is 12.7. The maximum atomic E-state index is 12.7. The van der Waals surface area contributed by atoms with E-state index in [2.05, 4.69) is 32.0 Å². The quantitative estimate of drug-likeness (QED) is 0.905. The van der Waals surface area contributed by atoms with Crippen molar-refractivity contribution in [1.82, 2.24) is 4.90 Å². The van der Waals surface area contributed by atoms with Crippen molar-refractivity contribution in [2.75, 3.05) is 13.6 Å².